The van der Waals surface area contributed by atoms with Gasteiger partial charge in [-0.3, -0.25) is 9.58 Å². The van der Waals surface area contributed by atoms with E-state index in [-0.39, 0.29) is 0 Å². The average molecular weight is 204 g/mol. The Balaban J connectivity index is 1.77. The normalized spacial score (nSPS) is 18.9. The molecule has 0 N–H and O–H groups in total. The quantitative estimate of drug-likeness (QED) is 0.693. The molecule has 2 heterocycles. The van der Waals surface area contributed by atoms with Crippen LogP contribution in [0.25, 0.3) is 0 Å². The fraction of sp³-hybridized carbons (Fsp3) is 0.636. The summed E-state index contributed by atoms with van der Waals surface area (Å²) in [5, 5.41) is 12.8. The fourth-order valence-corrected chi connectivity index (χ4v) is 2.10. The zero-order valence-electron chi connectivity index (χ0n) is 8.84. The predicted molar refractivity (Wildman–Crippen MR) is 57.0 cm³/mol. The lowest BCUT2D eigenvalue weighted by Gasteiger charge is -2.30. The van der Waals surface area contributed by atoms with E-state index in [0.29, 0.717) is 6.54 Å². The minimum atomic E-state index is 0.578. The van der Waals surface area contributed by atoms with Crippen molar-refractivity contribution in [3.05, 3.63) is 18.5 Å². The number of nitriles is 1. The van der Waals surface area contributed by atoms with Gasteiger partial charge in [0.15, 0.2) is 0 Å². The molecule has 2 rings (SSSR count). The average Bonchev–Trinajstić information content (AvgIpc) is 2.74. The van der Waals surface area contributed by atoms with E-state index in [1.54, 1.807) is 0 Å². The molecule has 1 aromatic heterocycles. The van der Waals surface area contributed by atoms with Crippen molar-refractivity contribution < 1.29 is 0 Å². The van der Waals surface area contributed by atoms with E-state index in [9.17, 15) is 0 Å². The monoisotopic (exact) mass is 204 g/mol. The molecule has 0 unspecified atom stereocenters. The van der Waals surface area contributed by atoms with E-state index in [4.69, 9.17) is 5.26 Å². The molecule has 0 atom stereocenters. The first-order valence-corrected chi connectivity index (χ1v) is 5.45. The Kier molecular flexibility index (Phi) is 3.36. The van der Waals surface area contributed by atoms with Crippen LogP contribution in [0.4, 0.5) is 0 Å². The zero-order valence-corrected chi connectivity index (χ0v) is 8.84. The minimum absolute atomic E-state index is 0.578. The number of hydrogen-bond donors (Lipinski definition) is 0. The van der Waals surface area contributed by atoms with E-state index in [1.807, 2.05) is 23.1 Å². The van der Waals surface area contributed by atoms with E-state index in [0.717, 1.165) is 25.6 Å². The van der Waals surface area contributed by atoms with Gasteiger partial charge >= 0.3 is 0 Å². The summed E-state index contributed by atoms with van der Waals surface area (Å²) < 4.78 is 2.00. The first kappa shape index (κ1) is 10.2. The van der Waals surface area contributed by atoms with Crippen LogP contribution in [0.1, 0.15) is 12.8 Å². The third-order valence-corrected chi connectivity index (χ3v) is 3.01. The van der Waals surface area contributed by atoms with Gasteiger partial charge in [-0.1, -0.05) is 0 Å². The SMILES string of the molecule is N#CCN1CCC(Cn2cccn2)CC1. The number of hydrogen-bond acceptors (Lipinski definition) is 3. The first-order valence-electron chi connectivity index (χ1n) is 5.45. The molecule has 1 aliphatic rings. The molecule has 0 amide bonds. The standard InChI is InChI=1S/C11H16N4/c12-4-9-14-7-2-11(3-8-14)10-15-6-1-5-13-15/h1,5-6,11H,2-3,7-10H2. The van der Waals surface area contributed by atoms with Crippen molar-refractivity contribution >= 4 is 0 Å². The fourth-order valence-electron chi connectivity index (χ4n) is 2.10. The second-order valence-corrected chi connectivity index (χ2v) is 4.11. The molecule has 1 saturated heterocycles. The highest BCUT2D eigenvalue weighted by Crippen LogP contribution is 2.18. The molecule has 1 aromatic rings. The molecule has 0 saturated carbocycles. The number of piperidine rings is 1. The predicted octanol–water partition coefficient (Wildman–Crippen LogP) is 1.12. The van der Waals surface area contributed by atoms with Crippen LogP contribution in [0.2, 0.25) is 0 Å². The van der Waals surface area contributed by atoms with Crippen LogP contribution in [0.5, 0.6) is 0 Å². The topological polar surface area (TPSA) is 44.9 Å². The van der Waals surface area contributed by atoms with Crippen LogP contribution >= 0.6 is 0 Å². The van der Waals surface area contributed by atoms with Crippen LogP contribution in [0.15, 0.2) is 18.5 Å². The molecule has 0 radical (unpaired) electrons. The lowest BCUT2D eigenvalue weighted by molar-refractivity contribution is 0.187. The molecule has 15 heavy (non-hydrogen) atoms. The van der Waals surface area contributed by atoms with Crippen molar-refractivity contribution in [1.82, 2.24) is 14.7 Å². The van der Waals surface area contributed by atoms with Crippen molar-refractivity contribution in [3.63, 3.8) is 0 Å². The van der Waals surface area contributed by atoms with Crippen LogP contribution in [-0.4, -0.2) is 34.3 Å². The summed E-state index contributed by atoms with van der Waals surface area (Å²) >= 11 is 0. The van der Waals surface area contributed by atoms with Gasteiger partial charge in [0, 0.05) is 18.9 Å². The van der Waals surface area contributed by atoms with Gasteiger partial charge in [0.05, 0.1) is 12.6 Å². The maximum Gasteiger partial charge on any atom is 0.0865 e. The van der Waals surface area contributed by atoms with Crippen LogP contribution in [-0.2, 0) is 6.54 Å². The second-order valence-electron chi connectivity index (χ2n) is 4.11. The van der Waals surface area contributed by atoms with Gasteiger partial charge in [0.2, 0.25) is 0 Å². The number of aromatic nitrogens is 2. The molecule has 80 valence electrons. The molecule has 1 fully saturated rings. The van der Waals surface area contributed by atoms with Crippen molar-refractivity contribution in [2.75, 3.05) is 19.6 Å². The van der Waals surface area contributed by atoms with Gasteiger partial charge in [-0.15, -0.1) is 0 Å². The van der Waals surface area contributed by atoms with Crippen molar-refractivity contribution in [3.8, 4) is 6.07 Å². The van der Waals surface area contributed by atoms with Crippen molar-refractivity contribution in [2.24, 2.45) is 5.92 Å². The lowest BCUT2D eigenvalue weighted by Crippen LogP contribution is -2.35. The summed E-state index contributed by atoms with van der Waals surface area (Å²) in [5.41, 5.74) is 0. The molecule has 0 aliphatic carbocycles. The molecule has 0 bridgehead atoms. The van der Waals surface area contributed by atoms with Gasteiger partial charge in [-0.2, -0.15) is 10.4 Å². The Morgan fingerprint density at radius 1 is 1.40 bits per heavy atom. The lowest BCUT2D eigenvalue weighted by atomic mass is 9.97. The minimum Gasteiger partial charge on any atom is -0.291 e. The van der Waals surface area contributed by atoms with Gasteiger partial charge < -0.3 is 0 Å². The number of rotatable bonds is 3. The Hall–Kier alpha value is -1.34. The highest BCUT2D eigenvalue weighted by Gasteiger charge is 2.18. The third-order valence-electron chi connectivity index (χ3n) is 3.01. The molecule has 1 aliphatic heterocycles. The molecule has 4 heteroatoms. The van der Waals surface area contributed by atoms with E-state index in [2.05, 4.69) is 16.1 Å². The smallest absolute Gasteiger partial charge is 0.0865 e. The van der Waals surface area contributed by atoms with Crippen molar-refractivity contribution in [2.45, 2.75) is 19.4 Å². The molecular formula is C11H16N4. The highest BCUT2D eigenvalue weighted by molar-refractivity contribution is 4.82. The Bertz CT molecular complexity index is 317. The summed E-state index contributed by atoms with van der Waals surface area (Å²) in [7, 11) is 0. The Morgan fingerprint density at radius 3 is 2.80 bits per heavy atom. The molecular weight excluding hydrogens is 188 g/mol. The van der Waals surface area contributed by atoms with Crippen LogP contribution < -0.4 is 0 Å². The molecule has 4 nitrogen and oxygen atoms in total. The van der Waals surface area contributed by atoms with Gasteiger partial charge in [0.25, 0.3) is 0 Å². The van der Waals surface area contributed by atoms with Gasteiger partial charge in [0.1, 0.15) is 0 Å². The van der Waals surface area contributed by atoms with Gasteiger partial charge in [-0.05, 0) is 37.9 Å². The highest BCUT2D eigenvalue weighted by atomic mass is 15.3. The zero-order chi connectivity index (χ0) is 10.5. The van der Waals surface area contributed by atoms with Crippen LogP contribution in [0.3, 0.4) is 0 Å². The first-order chi connectivity index (χ1) is 7.38. The van der Waals surface area contributed by atoms with E-state index < -0.39 is 0 Å². The number of likely N-dealkylation sites (tertiary alicyclic amines) is 1. The molecule has 0 spiro atoms. The Morgan fingerprint density at radius 2 is 2.20 bits per heavy atom. The van der Waals surface area contributed by atoms with Crippen molar-refractivity contribution in [1.29, 1.82) is 5.26 Å². The third kappa shape index (κ3) is 2.80. The maximum absolute atomic E-state index is 8.59. The molecule has 0 aromatic carbocycles. The largest absolute Gasteiger partial charge is 0.291 e. The Labute approximate surface area is 90.1 Å². The van der Waals surface area contributed by atoms with Gasteiger partial charge in [-0.25, -0.2) is 0 Å². The second kappa shape index (κ2) is 4.94. The van der Waals surface area contributed by atoms with E-state index >= 15 is 0 Å². The maximum atomic E-state index is 8.59. The number of nitrogens with zero attached hydrogens (tertiary/aromatic N) is 4. The summed E-state index contributed by atoms with van der Waals surface area (Å²) in [4.78, 5) is 2.22. The summed E-state index contributed by atoms with van der Waals surface area (Å²) in [6.07, 6.45) is 6.20. The van der Waals surface area contributed by atoms with E-state index in [1.165, 1.54) is 12.8 Å². The van der Waals surface area contributed by atoms with Crippen LogP contribution in [0, 0.1) is 17.2 Å². The summed E-state index contributed by atoms with van der Waals surface area (Å²) in [6.45, 7) is 3.71. The summed E-state index contributed by atoms with van der Waals surface area (Å²) in [6, 6.07) is 4.17. The summed E-state index contributed by atoms with van der Waals surface area (Å²) in [5.74, 6) is 0.722.